The zero-order valence-electron chi connectivity index (χ0n) is 9.02. The van der Waals surface area contributed by atoms with E-state index < -0.39 is 0 Å². The highest BCUT2D eigenvalue weighted by Crippen LogP contribution is 2.43. The van der Waals surface area contributed by atoms with Gasteiger partial charge in [0.1, 0.15) is 5.76 Å². The first kappa shape index (κ1) is 9.46. The lowest BCUT2D eigenvalue weighted by atomic mass is 9.81. The summed E-state index contributed by atoms with van der Waals surface area (Å²) < 4.78 is 5.38. The van der Waals surface area contributed by atoms with E-state index >= 15 is 0 Å². The molecule has 0 unspecified atom stereocenters. The number of aromatic nitrogens is 1. The molecule has 3 nitrogen and oxygen atoms in total. The van der Waals surface area contributed by atoms with Gasteiger partial charge < -0.3 is 10.3 Å². The molecule has 82 valence electrons. The minimum atomic E-state index is 0.507. The first-order chi connectivity index (χ1) is 7.86. The molecule has 0 radical (unpaired) electrons. The highest BCUT2D eigenvalue weighted by molar-refractivity contribution is 5.75. The number of nitrogen functional groups attached to an aromatic ring is 1. The number of rotatable bonds is 2. The molecule has 3 rings (SSSR count). The SMILES string of the molecule is Nc1noc(C2CCC2)c1-c1ccccc1. The fourth-order valence-corrected chi connectivity index (χ4v) is 2.16. The van der Waals surface area contributed by atoms with Crippen LogP contribution in [0.15, 0.2) is 34.9 Å². The van der Waals surface area contributed by atoms with Crippen LogP contribution in [0.2, 0.25) is 0 Å². The first-order valence-corrected chi connectivity index (χ1v) is 5.66. The largest absolute Gasteiger partial charge is 0.380 e. The van der Waals surface area contributed by atoms with Crippen LogP contribution < -0.4 is 5.73 Å². The Balaban J connectivity index is 2.08. The van der Waals surface area contributed by atoms with Crippen LogP contribution in [0, 0.1) is 0 Å². The number of anilines is 1. The van der Waals surface area contributed by atoms with Crippen LogP contribution in [0.1, 0.15) is 30.9 Å². The Morgan fingerprint density at radius 3 is 2.56 bits per heavy atom. The summed E-state index contributed by atoms with van der Waals surface area (Å²) in [6.07, 6.45) is 3.66. The second kappa shape index (κ2) is 3.67. The summed E-state index contributed by atoms with van der Waals surface area (Å²) in [4.78, 5) is 0. The van der Waals surface area contributed by atoms with Crippen LogP contribution in [-0.4, -0.2) is 5.16 Å². The van der Waals surface area contributed by atoms with Gasteiger partial charge in [0, 0.05) is 5.92 Å². The number of nitrogens with zero attached hydrogens (tertiary/aromatic N) is 1. The van der Waals surface area contributed by atoms with E-state index in [2.05, 4.69) is 5.16 Å². The van der Waals surface area contributed by atoms with Crippen molar-refractivity contribution >= 4 is 5.82 Å². The van der Waals surface area contributed by atoms with Crippen molar-refractivity contribution in [3.63, 3.8) is 0 Å². The maximum Gasteiger partial charge on any atom is 0.175 e. The van der Waals surface area contributed by atoms with Gasteiger partial charge in [-0.2, -0.15) is 0 Å². The second-order valence-electron chi connectivity index (χ2n) is 4.30. The third-order valence-electron chi connectivity index (χ3n) is 3.28. The van der Waals surface area contributed by atoms with Gasteiger partial charge in [-0.15, -0.1) is 0 Å². The average molecular weight is 214 g/mol. The molecule has 1 aliphatic carbocycles. The van der Waals surface area contributed by atoms with Gasteiger partial charge in [0.25, 0.3) is 0 Å². The molecule has 1 fully saturated rings. The van der Waals surface area contributed by atoms with Crippen molar-refractivity contribution < 1.29 is 4.52 Å². The van der Waals surface area contributed by atoms with Crippen LogP contribution >= 0.6 is 0 Å². The summed E-state index contributed by atoms with van der Waals surface area (Å²) in [5.41, 5.74) is 7.98. The number of hydrogen-bond acceptors (Lipinski definition) is 3. The lowest BCUT2D eigenvalue weighted by Crippen LogP contribution is -2.08. The van der Waals surface area contributed by atoms with Gasteiger partial charge in [-0.25, -0.2) is 0 Å². The first-order valence-electron chi connectivity index (χ1n) is 5.66. The van der Waals surface area contributed by atoms with Crippen molar-refractivity contribution in [1.82, 2.24) is 5.16 Å². The van der Waals surface area contributed by atoms with Crippen molar-refractivity contribution in [1.29, 1.82) is 0 Å². The van der Waals surface area contributed by atoms with Gasteiger partial charge in [0.2, 0.25) is 0 Å². The molecule has 3 heteroatoms. The number of hydrogen-bond donors (Lipinski definition) is 1. The zero-order valence-corrected chi connectivity index (χ0v) is 9.02. The normalized spacial score (nSPS) is 16.0. The van der Waals surface area contributed by atoms with E-state index in [-0.39, 0.29) is 0 Å². The smallest absolute Gasteiger partial charge is 0.175 e. The number of benzene rings is 1. The molecule has 2 N–H and O–H groups in total. The summed E-state index contributed by atoms with van der Waals surface area (Å²) in [6.45, 7) is 0. The summed E-state index contributed by atoms with van der Waals surface area (Å²) >= 11 is 0. The minimum absolute atomic E-state index is 0.507. The van der Waals surface area contributed by atoms with E-state index in [1.54, 1.807) is 0 Å². The van der Waals surface area contributed by atoms with E-state index in [1.165, 1.54) is 19.3 Å². The predicted molar refractivity (Wildman–Crippen MR) is 62.9 cm³/mol. The third kappa shape index (κ3) is 1.40. The standard InChI is InChI=1S/C13H14N2O/c14-13-11(9-5-2-1-3-6-9)12(16-15-13)10-7-4-8-10/h1-3,5-6,10H,4,7-8H2,(H2,14,15). The maximum absolute atomic E-state index is 5.89. The van der Waals surface area contributed by atoms with Gasteiger partial charge in [-0.3, -0.25) is 0 Å². The fraction of sp³-hybridized carbons (Fsp3) is 0.308. The molecule has 16 heavy (non-hydrogen) atoms. The van der Waals surface area contributed by atoms with Crippen molar-refractivity contribution in [2.45, 2.75) is 25.2 Å². The quantitative estimate of drug-likeness (QED) is 0.835. The lowest BCUT2D eigenvalue weighted by molar-refractivity contribution is 0.302. The van der Waals surface area contributed by atoms with Gasteiger partial charge in [-0.1, -0.05) is 41.9 Å². The molecule has 0 amide bonds. The number of nitrogens with two attached hydrogens (primary N) is 1. The third-order valence-corrected chi connectivity index (χ3v) is 3.28. The van der Waals surface area contributed by atoms with E-state index in [0.717, 1.165) is 16.9 Å². The van der Waals surface area contributed by atoms with E-state index in [0.29, 0.717) is 11.7 Å². The highest BCUT2D eigenvalue weighted by atomic mass is 16.5. The van der Waals surface area contributed by atoms with Crippen molar-refractivity contribution in [2.75, 3.05) is 5.73 Å². The Hall–Kier alpha value is -1.77. The monoisotopic (exact) mass is 214 g/mol. The molecule has 0 spiro atoms. The van der Waals surface area contributed by atoms with Crippen LogP contribution in [0.5, 0.6) is 0 Å². The molecular formula is C13H14N2O. The Kier molecular flexibility index (Phi) is 2.17. The fourth-order valence-electron chi connectivity index (χ4n) is 2.16. The Morgan fingerprint density at radius 2 is 1.94 bits per heavy atom. The molecule has 1 saturated carbocycles. The van der Waals surface area contributed by atoms with Crippen LogP contribution in [0.4, 0.5) is 5.82 Å². The summed E-state index contributed by atoms with van der Waals surface area (Å²) in [6, 6.07) is 10.1. The minimum Gasteiger partial charge on any atom is -0.380 e. The van der Waals surface area contributed by atoms with Crippen molar-refractivity contribution in [3.8, 4) is 11.1 Å². The zero-order chi connectivity index (χ0) is 11.0. The van der Waals surface area contributed by atoms with Crippen LogP contribution in [-0.2, 0) is 0 Å². The molecule has 1 aromatic carbocycles. The van der Waals surface area contributed by atoms with Gasteiger partial charge in [0.15, 0.2) is 5.82 Å². The highest BCUT2D eigenvalue weighted by Gasteiger charge is 2.28. The van der Waals surface area contributed by atoms with Crippen molar-refractivity contribution in [3.05, 3.63) is 36.1 Å². The summed E-state index contributed by atoms with van der Waals surface area (Å²) in [7, 11) is 0. The van der Waals surface area contributed by atoms with E-state index in [9.17, 15) is 0 Å². The molecule has 1 aromatic heterocycles. The molecule has 2 aromatic rings. The molecular weight excluding hydrogens is 200 g/mol. The maximum atomic E-state index is 5.89. The van der Waals surface area contributed by atoms with Crippen LogP contribution in [0.3, 0.4) is 0 Å². The van der Waals surface area contributed by atoms with Gasteiger partial charge >= 0.3 is 0 Å². The summed E-state index contributed by atoms with van der Waals surface area (Å²) in [5, 5.41) is 3.90. The molecule has 0 saturated heterocycles. The Labute approximate surface area is 94.2 Å². The average Bonchev–Trinajstić information content (AvgIpc) is 2.59. The van der Waals surface area contributed by atoms with Gasteiger partial charge in [-0.05, 0) is 18.4 Å². The summed E-state index contributed by atoms with van der Waals surface area (Å²) in [5.74, 6) is 1.99. The molecule has 0 atom stereocenters. The topological polar surface area (TPSA) is 52.0 Å². The van der Waals surface area contributed by atoms with Gasteiger partial charge in [0.05, 0.1) is 5.56 Å². The second-order valence-corrected chi connectivity index (χ2v) is 4.30. The Bertz CT molecular complexity index is 486. The molecule has 1 heterocycles. The van der Waals surface area contributed by atoms with Crippen LogP contribution in [0.25, 0.3) is 11.1 Å². The lowest BCUT2D eigenvalue weighted by Gasteiger charge is -2.23. The molecule has 0 bridgehead atoms. The Morgan fingerprint density at radius 1 is 1.19 bits per heavy atom. The molecule has 0 aliphatic heterocycles. The molecule has 1 aliphatic rings. The predicted octanol–water partition coefficient (Wildman–Crippen LogP) is 3.19. The van der Waals surface area contributed by atoms with Crippen molar-refractivity contribution in [2.24, 2.45) is 0 Å². The van der Waals surface area contributed by atoms with E-state index in [1.807, 2.05) is 30.3 Å². The van der Waals surface area contributed by atoms with E-state index in [4.69, 9.17) is 10.3 Å².